The summed E-state index contributed by atoms with van der Waals surface area (Å²) in [4.78, 5) is 14.5. The fourth-order valence-corrected chi connectivity index (χ4v) is 1.89. The molecule has 4 nitrogen and oxygen atoms in total. The Morgan fingerprint density at radius 1 is 1.35 bits per heavy atom. The third-order valence-corrected chi connectivity index (χ3v) is 3.45. The molecule has 0 aromatic heterocycles. The number of carbonyl (C=O) groups is 1. The zero-order valence-electron chi connectivity index (χ0n) is 14.1. The lowest BCUT2D eigenvalue weighted by Gasteiger charge is -2.17. The standard InChI is InChI=1S/C19H24N2O2/c1-16(21-20)18(22)11-13-19(2,3)12-7-8-14-23-15-17-9-5-4-6-10-17/h4-6,8-10,12H,11,13-15H2,1-3H3. The molecule has 0 aliphatic heterocycles. The molecular formula is C19H24N2O2. The van der Waals surface area contributed by atoms with Gasteiger partial charge in [0.15, 0.2) is 0 Å². The van der Waals surface area contributed by atoms with Crippen LogP contribution in [0.5, 0.6) is 0 Å². The molecule has 4 heteroatoms. The molecule has 0 fully saturated rings. The van der Waals surface area contributed by atoms with Gasteiger partial charge in [-0.2, -0.15) is 4.79 Å². The molecule has 0 N–H and O–H groups in total. The Morgan fingerprint density at radius 3 is 2.70 bits per heavy atom. The minimum Gasteiger partial charge on any atom is -0.372 e. The lowest BCUT2D eigenvalue weighted by atomic mass is 9.86. The van der Waals surface area contributed by atoms with E-state index in [2.05, 4.69) is 10.5 Å². The molecule has 0 aliphatic rings. The van der Waals surface area contributed by atoms with Crippen LogP contribution in [-0.2, 0) is 16.1 Å². The van der Waals surface area contributed by atoms with E-state index >= 15 is 0 Å². The Kier molecular flexibility index (Phi) is 7.93. The van der Waals surface area contributed by atoms with Crippen molar-refractivity contribution in [3.05, 3.63) is 59.3 Å². The molecule has 0 heterocycles. The molecule has 0 unspecified atom stereocenters. The predicted octanol–water partition coefficient (Wildman–Crippen LogP) is 3.98. The van der Waals surface area contributed by atoms with Crippen LogP contribution in [0.15, 0.2) is 48.2 Å². The SMILES string of the molecule is CC(=[N+]=[N-])C(=O)CCC(C)(C)C=C=CCOCc1ccccc1. The first-order chi connectivity index (χ1) is 10.9. The molecule has 0 bridgehead atoms. The van der Waals surface area contributed by atoms with Crippen LogP contribution in [0.2, 0.25) is 0 Å². The highest BCUT2D eigenvalue weighted by Crippen LogP contribution is 2.23. The summed E-state index contributed by atoms with van der Waals surface area (Å²) in [5.74, 6) is -0.135. The lowest BCUT2D eigenvalue weighted by Crippen LogP contribution is -2.15. The summed E-state index contributed by atoms with van der Waals surface area (Å²) in [6.45, 7) is 6.66. The molecule has 0 atom stereocenters. The molecule has 1 aromatic rings. The van der Waals surface area contributed by atoms with Gasteiger partial charge in [-0.3, -0.25) is 4.79 Å². The number of carbonyl (C=O) groups excluding carboxylic acids is 1. The van der Waals surface area contributed by atoms with Crippen LogP contribution in [0.1, 0.15) is 39.2 Å². The zero-order chi connectivity index (χ0) is 17.1. The van der Waals surface area contributed by atoms with Crippen molar-refractivity contribution in [1.82, 2.24) is 0 Å². The maximum Gasteiger partial charge on any atom is 0.331 e. The molecular weight excluding hydrogens is 288 g/mol. The van der Waals surface area contributed by atoms with Crippen LogP contribution < -0.4 is 0 Å². The number of rotatable bonds is 9. The number of hydrogen-bond donors (Lipinski definition) is 0. The summed E-state index contributed by atoms with van der Waals surface area (Å²) in [6.07, 6.45) is 4.81. The summed E-state index contributed by atoms with van der Waals surface area (Å²) in [6, 6.07) is 10.0. The Hall–Kier alpha value is -2.25. The van der Waals surface area contributed by atoms with Crippen molar-refractivity contribution < 1.29 is 14.3 Å². The molecule has 0 aliphatic carbocycles. The van der Waals surface area contributed by atoms with Gasteiger partial charge in [0.1, 0.15) is 0 Å². The summed E-state index contributed by atoms with van der Waals surface area (Å²) in [7, 11) is 0. The van der Waals surface area contributed by atoms with E-state index in [-0.39, 0.29) is 16.9 Å². The number of hydrogen-bond acceptors (Lipinski definition) is 2. The number of ketones is 1. The van der Waals surface area contributed by atoms with E-state index < -0.39 is 0 Å². The minimum absolute atomic E-state index is 0.135. The summed E-state index contributed by atoms with van der Waals surface area (Å²) in [5.41, 5.74) is 12.8. The van der Waals surface area contributed by atoms with Crippen LogP contribution in [0.4, 0.5) is 0 Å². The normalized spacial score (nSPS) is 10.4. The van der Waals surface area contributed by atoms with Crippen LogP contribution in [-0.4, -0.2) is 22.9 Å². The molecule has 0 saturated carbocycles. The van der Waals surface area contributed by atoms with Gasteiger partial charge in [0, 0.05) is 13.3 Å². The van der Waals surface area contributed by atoms with E-state index in [1.165, 1.54) is 6.92 Å². The van der Waals surface area contributed by atoms with E-state index in [9.17, 15) is 4.79 Å². The van der Waals surface area contributed by atoms with Crippen molar-refractivity contribution in [2.75, 3.05) is 6.61 Å². The maximum absolute atomic E-state index is 11.6. The van der Waals surface area contributed by atoms with E-state index in [1.807, 2.05) is 56.3 Å². The predicted molar refractivity (Wildman–Crippen MR) is 91.1 cm³/mol. The van der Waals surface area contributed by atoms with E-state index in [0.717, 1.165) is 5.56 Å². The zero-order valence-corrected chi connectivity index (χ0v) is 14.1. The highest BCUT2D eigenvalue weighted by molar-refractivity contribution is 6.36. The van der Waals surface area contributed by atoms with E-state index in [4.69, 9.17) is 10.3 Å². The Morgan fingerprint density at radius 2 is 2.04 bits per heavy atom. The van der Waals surface area contributed by atoms with Crippen molar-refractivity contribution in [2.24, 2.45) is 5.41 Å². The van der Waals surface area contributed by atoms with Gasteiger partial charge in [0.05, 0.1) is 13.2 Å². The van der Waals surface area contributed by atoms with Gasteiger partial charge >= 0.3 is 5.71 Å². The van der Waals surface area contributed by atoms with E-state index in [1.54, 1.807) is 0 Å². The first-order valence-electron chi connectivity index (χ1n) is 7.70. The maximum atomic E-state index is 11.6. The second-order valence-electron chi connectivity index (χ2n) is 6.11. The minimum atomic E-state index is -0.151. The topological polar surface area (TPSA) is 62.7 Å². The average molecular weight is 312 g/mol. The highest BCUT2D eigenvalue weighted by atomic mass is 16.5. The first-order valence-corrected chi connectivity index (χ1v) is 7.70. The van der Waals surface area contributed by atoms with Crippen LogP contribution in [0, 0.1) is 5.41 Å². The molecule has 1 rings (SSSR count). The fraction of sp³-hybridized carbons (Fsp3) is 0.421. The molecule has 0 saturated heterocycles. The van der Waals surface area contributed by atoms with Crippen molar-refractivity contribution in [1.29, 1.82) is 0 Å². The third kappa shape index (κ3) is 8.08. The van der Waals surface area contributed by atoms with Crippen molar-refractivity contribution in [3.8, 4) is 0 Å². The largest absolute Gasteiger partial charge is 0.372 e. The van der Waals surface area contributed by atoms with Gasteiger partial charge in [0.25, 0.3) is 0 Å². The van der Waals surface area contributed by atoms with Crippen molar-refractivity contribution >= 4 is 11.5 Å². The quantitative estimate of drug-likeness (QED) is 0.228. The Balaban J connectivity index is 2.36. The van der Waals surface area contributed by atoms with E-state index in [0.29, 0.717) is 26.1 Å². The summed E-state index contributed by atoms with van der Waals surface area (Å²) in [5, 5.41) is 0. The molecule has 0 spiro atoms. The van der Waals surface area contributed by atoms with Crippen molar-refractivity contribution in [2.45, 2.75) is 40.2 Å². The molecule has 23 heavy (non-hydrogen) atoms. The number of nitrogens with zero attached hydrogens (tertiary/aromatic N) is 2. The van der Waals surface area contributed by atoms with Crippen LogP contribution in [0.3, 0.4) is 0 Å². The molecule has 0 radical (unpaired) electrons. The second kappa shape index (κ2) is 9.70. The number of Topliss-reactive ketones (excluding diaryl/α,β-unsaturated/α-hetero) is 1. The lowest BCUT2D eigenvalue weighted by molar-refractivity contribution is -0.117. The summed E-state index contributed by atoms with van der Waals surface area (Å²) >= 11 is 0. The van der Waals surface area contributed by atoms with Gasteiger partial charge in [0.2, 0.25) is 5.78 Å². The van der Waals surface area contributed by atoms with Gasteiger partial charge in [-0.05, 0) is 29.6 Å². The average Bonchev–Trinajstić information content (AvgIpc) is 2.56. The highest BCUT2D eigenvalue weighted by Gasteiger charge is 2.19. The van der Waals surface area contributed by atoms with Gasteiger partial charge in [-0.15, -0.1) is 5.73 Å². The van der Waals surface area contributed by atoms with Crippen LogP contribution in [0.25, 0.3) is 5.53 Å². The summed E-state index contributed by atoms with van der Waals surface area (Å²) < 4.78 is 5.54. The molecule has 122 valence electrons. The fourth-order valence-electron chi connectivity index (χ4n) is 1.89. The first kappa shape index (κ1) is 18.8. The third-order valence-electron chi connectivity index (χ3n) is 3.45. The van der Waals surface area contributed by atoms with Gasteiger partial charge in [-0.1, -0.05) is 44.2 Å². The smallest absolute Gasteiger partial charge is 0.331 e. The van der Waals surface area contributed by atoms with Gasteiger partial charge in [-0.25, -0.2) is 0 Å². The second-order valence-corrected chi connectivity index (χ2v) is 6.11. The van der Waals surface area contributed by atoms with Gasteiger partial charge < -0.3 is 10.3 Å². The number of benzene rings is 1. The Bertz CT molecular complexity index is 620. The van der Waals surface area contributed by atoms with Crippen molar-refractivity contribution in [3.63, 3.8) is 0 Å². The Labute approximate surface area is 138 Å². The monoisotopic (exact) mass is 312 g/mol. The number of ether oxygens (including phenoxy) is 1. The molecule has 0 amide bonds. The molecule has 1 aromatic carbocycles. The van der Waals surface area contributed by atoms with Crippen LogP contribution >= 0.6 is 0 Å².